The van der Waals surface area contributed by atoms with E-state index < -0.39 is 11.8 Å². The summed E-state index contributed by atoms with van der Waals surface area (Å²) in [5.74, 6) is -3.69. The fraction of sp³-hybridized carbons (Fsp3) is 0.412. The lowest BCUT2D eigenvalue weighted by molar-refractivity contribution is -0.221. The van der Waals surface area contributed by atoms with E-state index in [0.717, 1.165) is 11.1 Å². The number of hydrogen-bond acceptors (Lipinski definition) is 5. The Labute approximate surface area is 129 Å². The molecule has 1 aliphatic heterocycles. The number of ketones is 1. The van der Waals surface area contributed by atoms with Crippen molar-refractivity contribution in [3.8, 4) is 0 Å². The van der Waals surface area contributed by atoms with Gasteiger partial charge in [-0.05, 0) is 25.5 Å². The molecule has 1 aromatic carbocycles. The van der Waals surface area contributed by atoms with Gasteiger partial charge >= 0.3 is 11.8 Å². The number of aliphatic hydroxyl groups is 1. The van der Waals surface area contributed by atoms with Crippen LogP contribution < -0.4 is 0 Å². The van der Waals surface area contributed by atoms with Crippen molar-refractivity contribution >= 4 is 11.8 Å². The van der Waals surface area contributed by atoms with Gasteiger partial charge in [-0.25, -0.2) is 4.79 Å². The van der Waals surface area contributed by atoms with E-state index in [4.69, 9.17) is 9.47 Å². The molecule has 1 heterocycles. The predicted molar refractivity (Wildman–Crippen MR) is 80.0 cm³/mol. The minimum atomic E-state index is -2.14. The molecule has 2 atom stereocenters. The van der Waals surface area contributed by atoms with Crippen LogP contribution in [0.4, 0.5) is 0 Å². The molecule has 22 heavy (non-hydrogen) atoms. The SMILES string of the molecule is CCOC(=O)C1(O)CC(c2ccc(C)cc2)C=C(C(C)=O)O1. The molecule has 0 radical (unpaired) electrons. The fourth-order valence-electron chi connectivity index (χ4n) is 2.38. The summed E-state index contributed by atoms with van der Waals surface area (Å²) in [6.45, 7) is 5.07. The fourth-order valence-corrected chi connectivity index (χ4v) is 2.38. The highest BCUT2D eigenvalue weighted by atomic mass is 16.7. The first-order valence-corrected chi connectivity index (χ1v) is 7.23. The van der Waals surface area contributed by atoms with Crippen LogP contribution in [0.5, 0.6) is 0 Å². The Hall–Kier alpha value is -2.14. The van der Waals surface area contributed by atoms with Gasteiger partial charge in [0.25, 0.3) is 0 Å². The number of carbonyl (C=O) groups excluding carboxylic acids is 2. The molecule has 1 aromatic rings. The highest BCUT2D eigenvalue weighted by Crippen LogP contribution is 2.36. The molecular formula is C17H20O5. The lowest BCUT2D eigenvalue weighted by atomic mass is 9.88. The average Bonchev–Trinajstić information content (AvgIpc) is 2.47. The molecule has 0 saturated heterocycles. The molecule has 0 saturated carbocycles. The van der Waals surface area contributed by atoms with E-state index in [-0.39, 0.29) is 30.5 Å². The van der Waals surface area contributed by atoms with Crippen LogP contribution in [-0.2, 0) is 19.1 Å². The van der Waals surface area contributed by atoms with E-state index in [2.05, 4.69) is 0 Å². The van der Waals surface area contributed by atoms with Gasteiger partial charge in [-0.15, -0.1) is 0 Å². The van der Waals surface area contributed by atoms with E-state index in [9.17, 15) is 14.7 Å². The smallest absolute Gasteiger partial charge is 0.379 e. The Kier molecular flexibility index (Phi) is 4.66. The second-order valence-corrected chi connectivity index (χ2v) is 5.42. The summed E-state index contributed by atoms with van der Waals surface area (Å²) in [6.07, 6.45) is 1.65. The third kappa shape index (κ3) is 3.36. The van der Waals surface area contributed by atoms with Gasteiger partial charge in [0.2, 0.25) is 0 Å². The quantitative estimate of drug-likeness (QED) is 0.864. The summed E-state index contributed by atoms with van der Waals surface area (Å²) < 4.78 is 10.1. The topological polar surface area (TPSA) is 72.8 Å². The highest BCUT2D eigenvalue weighted by molar-refractivity contribution is 5.92. The number of ether oxygens (including phenoxy) is 2. The molecule has 0 spiro atoms. The number of Topliss-reactive ketones (excluding diaryl/α,β-unsaturated/α-hetero) is 1. The minimum Gasteiger partial charge on any atom is -0.461 e. The number of hydrogen-bond donors (Lipinski definition) is 1. The van der Waals surface area contributed by atoms with Gasteiger partial charge in [0.05, 0.1) is 6.61 Å². The number of esters is 1. The summed E-state index contributed by atoms with van der Waals surface area (Å²) in [4.78, 5) is 23.6. The van der Waals surface area contributed by atoms with Gasteiger partial charge in [-0.3, -0.25) is 4.79 Å². The molecule has 1 N–H and O–H groups in total. The molecule has 5 nitrogen and oxygen atoms in total. The zero-order valence-electron chi connectivity index (χ0n) is 13.0. The van der Waals surface area contributed by atoms with Crippen molar-refractivity contribution < 1.29 is 24.2 Å². The lowest BCUT2D eigenvalue weighted by Gasteiger charge is -2.34. The molecule has 2 unspecified atom stereocenters. The Morgan fingerprint density at radius 3 is 2.55 bits per heavy atom. The van der Waals surface area contributed by atoms with Crippen LogP contribution in [0.1, 0.15) is 37.3 Å². The van der Waals surface area contributed by atoms with Crippen LogP contribution >= 0.6 is 0 Å². The van der Waals surface area contributed by atoms with Crippen LogP contribution in [0, 0.1) is 6.92 Å². The molecule has 2 rings (SSSR count). The Morgan fingerprint density at radius 1 is 1.36 bits per heavy atom. The van der Waals surface area contributed by atoms with E-state index in [1.807, 2.05) is 31.2 Å². The van der Waals surface area contributed by atoms with Crippen molar-refractivity contribution in [1.29, 1.82) is 0 Å². The second-order valence-electron chi connectivity index (χ2n) is 5.42. The van der Waals surface area contributed by atoms with E-state index in [1.165, 1.54) is 6.92 Å². The summed E-state index contributed by atoms with van der Waals surface area (Å²) in [7, 11) is 0. The number of carbonyl (C=O) groups is 2. The molecular weight excluding hydrogens is 284 g/mol. The lowest BCUT2D eigenvalue weighted by Crippen LogP contribution is -2.46. The number of benzene rings is 1. The van der Waals surface area contributed by atoms with Crippen LogP contribution in [0.3, 0.4) is 0 Å². The summed E-state index contributed by atoms with van der Waals surface area (Å²) >= 11 is 0. The maximum atomic E-state index is 12.0. The van der Waals surface area contributed by atoms with Crippen molar-refractivity contribution in [2.24, 2.45) is 0 Å². The van der Waals surface area contributed by atoms with Gasteiger partial charge in [0, 0.05) is 19.3 Å². The van der Waals surface area contributed by atoms with Crippen LogP contribution in [0.25, 0.3) is 0 Å². The maximum absolute atomic E-state index is 12.0. The second kappa shape index (κ2) is 6.32. The monoisotopic (exact) mass is 304 g/mol. The van der Waals surface area contributed by atoms with Gasteiger partial charge in [0.15, 0.2) is 11.5 Å². The largest absolute Gasteiger partial charge is 0.461 e. The zero-order chi connectivity index (χ0) is 16.3. The molecule has 0 fully saturated rings. The van der Waals surface area contributed by atoms with Gasteiger partial charge in [-0.2, -0.15) is 0 Å². The molecule has 0 bridgehead atoms. The first-order valence-electron chi connectivity index (χ1n) is 7.23. The predicted octanol–water partition coefficient (Wildman–Crippen LogP) is 2.22. The Bertz CT molecular complexity index is 602. The minimum absolute atomic E-state index is 0.00563. The summed E-state index contributed by atoms with van der Waals surface area (Å²) in [5.41, 5.74) is 2.00. The molecule has 1 aliphatic rings. The molecule has 0 aliphatic carbocycles. The molecule has 0 amide bonds. The third-order valence-corrected chi connectivity index (χ3v) is 3.57. The standard InChI is InChI=1S/C17H20O5/c1-4-21-16(19)17(20)10-14(9-15(22-17)12(3)18)13-7-5-11(2)6-8-13/h5-9,14,20H,4,10H2,1-3H3. The van der Waals surface area contributed by atoms with Crippen LogP contribution in [0.15, 0.2) is 36.1 Å². The molecule has 5 heteroatoms. The Morgan fingerprint density at radius 2 is 2.00 bits per heavy atom. The third-order valence-electron chi connectivity index (χ3n) is 3.57. The van der Waals surface area contributed by atoms with Gasteiger partial charge in [0.1, 0.15) is 0 Å². The highest BCUT2D eigenvalue weighted by Gasteiger charge is 2.46. The van der Waals surface area contributed by atoms with Crippen molar-refractivity contribution in [2.75, 3.05) is 6.61 Å². The van der Waals surface area contributed by atoms with Crippen molar-refractivity contribution in [2.45, 2.75) is 38.9 Å². The summed E-state index contributed by atoms with van der Waals surface area (Å²) in [6, 6.07) is 7.70. The zero-order valence-corrected chi connectivity index (χ0v) is 13.0. The molecule has 0 aromatic heterocycles. The summed E-state index contributed by atoms with van der Waals surface area (Å²) in [5, 5.41) is 10.5. The first-order chi connectivity index (χ1) is 10.4. The van der Waals surface area contributed by atoms with E-state index >= 15 is 0 Å². The van der Waals surface area contributed by atoms with Gasteiger partial charge < -0.3 is 14.6 Å². The van der Waals surface area contributed by atoms with Crippen molar-refractivity contribution in [3.05, 3.63) is 47.2 Å². The first kappa shape index (κ1) is 16.2. The normalized spacial score (nSPS) is 24.2. The maximum Gasteiger partial charge on any atom is 0.379 e. The van der Waals surface area contributed by atoms with E-state index in [0.29, 0.717) is 0 Å². The van der Waals surface area contributed by atoms with Crippen LogP contribution in [0.2, 0.25) is 0 Å². The molecule has 118 valence electrons. The van der Waals surface area contributed by atoms with Crippen LogP contribution in [-0.4, -0.2) is 29.3 Å². The van der Waals surface area contributed by atoms with Gasteiger partial charge in [-0.1, -0.05) is 29.8 Å². The number of rotatable bonds is 4. The van der Waals surface area contributed by atoms with Crippen molar-refractivity contribution in [1.82, 2.24) is 0 Å². The number of aryl methyl sites for hydroxylation is 1. The van der Waals surface area contributed by atoms with E-state index in [1.54, 1.807) is 13.0 Å². The van der Waals surface area contributed by atoms with Crippen molar-refractivity contribution in [3.63, 3.8) is 0 Å². The average molecular weight is 304 g/mol. The Balaban J connectivity index is 2.37. The number of allylic oxidation sites excluding steroid dienone is 2.